The summed E-state index contributed by atoms with van der Waals surface area (Å²) in [6.07, 6.45) is 19.4. The van der Waals surface area contributed by atoms with Gasteiger partial charge >= 0.3 is 0 Å². The van der Waals surface area contributed by atoms with E-state index >= 15 is 0 Å². The summed E-state index contributed by atoms with van der Waals surface area (Å²) >= 11 is 0. The van der Waals surface area contributed by atoms with Crippen molar-refractivity contribution in [3.63, 3.8) is 0 Å². The van der Waals surface area contributed by atoms with Gasteiger partial charge in [-0.3, -0.25) is 4.79 Å². The van der Waals surface area contributed by atoms with Crippen LogP contribution in [-0.4, -0.2) is 49.9 Å². The van der Waals surface area contributed by atoms with E-state index in [2.05, 4.69) is 25.9 Å². The van der Waals surface area contributed by atoms with Crippen molar-refractivity contribution in [3.05, 3.63) is 0 Å². The van der Waals surface area contributed by atoms with Crippen molar-refractivity contribution in [2.75, 3.05) is 34.2 Å². The molecular formula is C22H46N2O. The molecule has 0 fully saturated rings. The number of hydrogen-bond donors (Lipinski definition) is 0. The van der Waals surface area contributed by atoms with Crippen LogP contribution in [0.25, 0.3) is 0 Å². The van der Waals surface area contributed by atoms with Gasteiger partial charge in [-0.2, -0.15) is 0 Å². The summed E-state index contributed by atoms with van der Waals surface area (Å²) in [4.78, 5) is 16.1. The maximum Gasteiger partial charge on any atom is 0.222 e. The second-order valence-electron chi connectivity index (χ2n) is 7.96. The molecule has 0 aliphatic carbocycles. The van der Waals surface area contributed by atoms with Gasteiger partial charge in [0.25, 0.3) is 0 Å². The van der Waals surface area contributed by atoms with E-state index in [0.717, 1.165) is 32.4 Å². The lowest BCUT2D eigenvalue weighted by Gasteiger charge is -2.18. The van der Waals surface area contributed by atoms with Crippen LogP contribution in [0.2, 0.25) is 0 Å². The van der Waals surface area contributed by atoms with E-state index in [1.165, 1.54) is 77.0 Å². The molecule has 1 amide bonds. The first kappa shape index (κ1) is 24.4. The topological polar surface area (TPSA) is 23.6 Å². The van der Waals surface area contributed by atoms with E-state index < -0.39 is 0 Å². The summed E-state index contributed by atoms with van der Waals surface area (Å²) in [5, 5.41) is 0. The average molecular weight is 355 g/mol. The minimum absolute atomic E-state index is 0.321. The summed E-state index contributed by atoms with van der Waals surface area (Å²) in [6.45, 7) is 4.21. The lowest BCUT2D eigenvalue weighted by atomic mass is 10.0. The van der Waals surface area contributed by atoms with Crippen molar-refractivity contribution in [2.24, 2.45) is 0 Å². The molecule has 0 aliphatic heterocycles. The minimum atomic E-state index is 0.321. The van der Waals surface area contributed by atoms with Crippen molar-refractivity contribution < 1.29 is 4.79 Å². The van der Waals surface area contributed by atoms with Gasteiger partial charge in [0.15, 0.2) is 0 Å². The molecule has 0 atom stereocenters. The number of carbonyl (C=O) groups is 1. The van der Waals surface area contributed by atoms with Gasteiger partial charge in [0.2, 0.25) is 5.91 Å². The zero-order chi connectivity index (χ0) is 18.8. The summed E-state index contributed by atoms with van der Waals surface area (Å²) in [7, 11) is 6.10. The van der Waals surface area contributed by atoms with E-state index in [4.69, 9.17) is 0 Å². The van der Waals surface area contributed by atoms with E-state index in [0.29, 0.717) is 5.91 Å². The molecule has 0 aromatic carbocycles. The predicted octanol–water partition coefficient (Wildman–Crippen LogP) is 5.88. The number of nitrogens with zero attached hydrogens (tertiary/aromatic N) is 2. The lowest BCUT2D eigenvalue weighted by Crippen LogP contribution is -2.29. The SMILES string of the molecule is CCCCCCCCCCCCCCCC(=O)N(C)CCCN(C)C. The smallest absolute Gasteiger partial charge is 0.222 e. The molecule has 0 spiro atoms. The van der Waals surface area contributed by atoms with Gasteiger partial charge in [0.1, 0.15) is 0 Å². The zero-order valence-electron chi connectivity index (χ0n) is 17.8. The molecule has 0 saturated heterocycles. The fourth-order valence-corrected chi connectivity index (χ4v) is 3.23. The molecule has 0 unspecified atom stereocenters. The van der Waals surface area contributed by atoms with Gasteiger partial charge in [0, 0.05) is 20.0 Å². The quantitative estimate of drug-likeness (QED) is 0.287. The highest BCUT2D eigenvalue weighted by Gasteiger charge is 2.07. The van der Waals surface area contributed by atoms with Crippen molar-refractivity contribution in [3.8, 4) is 0 Å². The Kier molecular flexibility index (Phi) is 17.8. The molecule has 150 valence electrons. The van der Waals surface area contributed by atoms with Crippen molar-refractivity contribution in [2.45, 2.75) is 103 Å². The van der Waals surface area contributed by atoms with Crippen LogP contribution < -0.4 is 0 Å². The van der Waals surface area contributed by atoms with E-state index in [1.807, 2.05) is 11.9 Å². The highest BCUT2D eigenvalue weighted by Crippen LogP contribution is 2.13. The second kappa shape index (κ2) is 18.2. The van der Waals surface area contributed by atoms with Gasteiger partial charge in [-0.25, -0.2) is 0 Å². The standard InChI is InChI=1S/C22H46N2O/c1-5-6-7-8-9-10-11-12-13-14-15-16-17-19-22(25)24(4)21-18-20-23(2)3/h5-21H2,1-4H3. The number of unbranched alkanes of at least 4 members (excludes halogenated alkanes) is 12. The monoisotopic (exact) mass is 354 g/mol. The van der Waals surface area contributed by atoms with Gasteiger partial charge in [0.05, 0.1) is 0 Å². The molecule has 0 N–H and O–H groups in total. The molecular weight excluding hydrogens is 308 g/mol. The van der Waals surface area contributed by atoms with Crippen LogP contribution in [-0.2, 0) is 4.79 Å². The molecule has 0 aromatic rings. The fourth-order valence-electron chi connectivity index (χ4n) is 3.23. The van der Waals surface area contributed by atoms with E-state index in [-0.39, 0.29) is 0 Å². The van der Waals surface area contributed by atoms with Crippen molar-refractivity contribution >= 4 is 5.91 Å². The number of carbonyl (C=O) groups excluding carboxylic acids is 1. The Hall–Kier alpha value is -0.570. The van der Waals surface area contributed by atoms with Crippen LogP contribution in [0, 0.1) is 0 Å². The molecule has 3 nitrogen and oxygen atoms in total. The van der Waals surface area contributed by atoms with Crippen LogP contribution in [0.4, 0.5) is 0 Å². The Morgan fingerprint density at radius 3 is 1.48 bits per heavy atom. The molecule has 0 heterocycles. The zero-order valence-corrected chi connectivity index (χ0v) is 17.8. The van der Waals surface area contributed by atoms with E-state index in [9.17, 15) is 4.79 Å². The van der Waals surface area contributed by atoms with Crippen LogP contribution in [0.1, 0.15) is 103 Å². The predicted molar refractivity (Wildman–Crippen MR) is 111 cm³/mol. The molecule has 0 radical (unpaired) electrons. The molecule has 0 bridgehead atoms. The van der Waals surface area contributed by atoms with Gasteiger partial charge in [-0.15, -0.1) is 0 Å². The Morgan fingerprint density at radius 2 is 1.04 bits per heavy atom. The second-order valence-corrected chi connectivity index (χ2v) is 7.96. The third-order valence-electron chi connectivity index (χ3n) is 5.02. The highest BCUT2D eigenvalue weighted by molar-refractivity contribution is 5.75. The number of hydrogen-bond acceptors (Lipinski definition) is 2. The van der Waals surface area contributed by atoms with Crippen LogP contribution in [0.5, 0.6) is 0 Å². The third kappa shape index (κ3) is 18.0. The van der Waals surface area contributed by atoms with Crippen molar-refractivity contribution in [1.82, 2.24) is 9.80 Å². The maximum atomic E-state index is 12.0. The van der Waals surface area contributed by atoms with Crippen molar-refractivity contribution in [1.29, 1.82) is 0 Å². The summed E-state index contributed by atoms with van der Waals surface area (Å²) in [6, 6.07) is 0. The molecule has 0 aliphatic rings. The highest BCUT2D eigenvalue weighted by atomic mass is 16.2. The molecule has 3 heteroatoms. The number of rotatable bonds is 18. The number of amides is 1. The van der Waals surface area contributed by atoms with Crippen LogP contribution >= 0.6 is 0 Å². The summed E-state index contributed by atoms with van der Waals surface area (Å²) < 4.78 is 0. The normalized spacial score (nSPS) is 11.2. The van der Waals surface area contributed by atoms with E-state index in [1.54, 1.807) is 0 Å². The maximum absolute atomic E-state index is 12.0. The minimum Gasteiger partial charge on any atom is -0.346 e. The Bertz CT molecular complexity index is 292. The summed E-state index contributed by atoms with van der Waals surface area (Å²) in [5.41, 5.74) is 0. The van der Waals surface area contributed by atoms with Crippen LogP contribution in [0.3, 0.4) is 0 Å². The third-order valence-corrected chi connectivity index (χ3v) is 5.02. The first-order chi connectivity index (χ1) is 12.1. The van der Waals surface area contributed by atoms with Gasteiger partial charge in [-0.1, -0.05) is 84.0 Å². The van der Waals surface area contributed by atoms with Gasteiger partial charge in [-0.05, 0) is 33.5 Å². The molecule has 0 rings (SSSR count). The van der Waals surface area contributed by atoms with Gasteiger partial charge < -0.3 is 9.80 Å². The largest absolute Gasteiger partial charge is 0.346 e. The molecule has 0 aromatic heterocycles. The Morgan fingerprint density at radius 1 is 0.600 bits per heavy atom. The Balaban J connectivity index is 3.28. The fraction of sp³-hybridized carbons (Fsp3) is 0.955. The first-order valence-electron chi connectivity index (χ1n) is 11.0. The van der Waals surface area contributed by atoms with Crippen LogP contribution in [0.15, 0.2) is 0 Å². The summed E-state index contributed by atoms with van der Waals surface area (Å²) in [5.74, 6) is 0.321. The molecule has 25 heavy (non-hydrogen) atoms. The first-order valence-corrected chi connectivity index (χ1v) is 11.0. The Labute approximate surface area is 158 Å². The lowest BCUT2D eigenvalue weighted by molar-refractivity contribution is -0.130. The average Bonchev–Trinajstić information content (AvgIpc) is 2.58. The molecule has 0 saturated carbocycles.